The van der Waals surface area contributed by atoms with E-state index in [2.05, 4.69) is 22.0 Å². The average molecular weight is 326 g/mol. The third-order valence-corrected chi connectivity index (χ3v) is 3.64. The molecule has 0 aliphatic heterocycles. The SMILES string of the molecule is CO/N=C(\Cc1cccnc1)c1ccc(C#Cc2ccccc2)cc1. The summed E-state index contributed by atoms with van der Waals surface area (Å²) in [6.07, 6.45) is 4.26. The van der Waals surface area contributed by atoms with Gasteiger partial charge >= 0.3 is 0 Å². The molecule has 0 spiro atoms. The number of aromatic nitrogens is 1. The van der Waals surface area contributed by atoms with Gasteiger partial charge in [-0.2, -0.15) is 0 Å². The van der Waals surface area contributed by atoms with Gasteiger partial charge in [0.1, 0.15) is 7.11 Å². The fourth-order valence-electron chi connectivity index (χ4n) is 2.41. The highest BCUT2D eigenvalue weighted by atomic mass is 16.6. The van der Waals surface area contributed by atoms with Crippen LogP contribution < -0.4 is 0 Å². The van der Waals surface area contributed by atoms with Crippen molar-refractivity contribution in [3.8, 4) is 11.8 Å². The maximum atomic E-state index is 5.01. The maximum absolute atomic E-state index is 5.01. The fraction of sp³-hybridized carbons (Fsp3) is 0.0909. The second kappa shape index (κ2) is 8.47. The molecule has 0 radical (unpaired) electrons. The van der Waals surface area contributed by atoms with Crippen LogP contribution in [0.4, 0.5) is 0 Å². The van der Waals surface area contributed by atoms with E-state index in [0.717, 1.165) is 28.0 Å². The van der Waals surface area contributed by atoms with Gasteiger partial charge in [-0.05, 0) is 41.5 Å². The lowest BCUT2D eigenvalue weighted by Gasteiger charge is -2.06. The Bertz CT molecular complexity index is 890. The smallest absolute Gasteiger partial charge is 0.106 e. The van der Waals surface area contributed by atoms with Crippen molar-refractivity contribution in [2.75, 3.05) is 7.11 Å². The Labute approximate surface area is 148 Å². The first-order chi connectivity index (χ1) is 12.3. The van der Waals surface area contributed by atoms with Crippen LogP contribution in [0.2, 0.25) is 0 Å². The molecule has 0 atom stereocenters. The van der Waals surface area contributed by atoms with E-state index < -0.39 is 0 Å². The van der Waals surface area contributed by atoms with Crippen LogP contribution in [0.25, 0.3) is 0 Å². The fourth-order valence-corrected chi connectivity index (χ4v) is 2.41. The monoisotopic (exact) mass is 326 g/mol. The van der Waals surface area contributed by atoms with Gasteiger partial charge < -0.3 is 4.84 Å². The van der Waals surface area contributed by atoms with Gasteiger partial charge in [0, 0.05) is 29.9 Å². The molecule has 0 aliphatic rings. The number of hydrogen-bond acceptors (Lipinski definition) is 3. The summed E-state index contributed by atoms with van der Waals surface area (Å²) in [5, 5.41) is 4.17. The lowest BCUT2D eigenvalue weighted by molar-refractivity contribution is 0.213. The molecule has 0 saturated heterocycles. The second-order valence-corrected chi connectivity index (χ2v) is 5.45. The lowest BCUT2D eigenvalue weighted by atomic mass is 10.0. The van der Waals surface area contributed by atoms with Crippen molar-refractivity contribution in [3.63, 3.8) is 0 Å². The molecular formula is C22H18N2O. The molecule has 122 valence electrons. The number of oxime groups is 1. The molecule has 25 heavy (non-hydrogen) atoms. The van der Waals surface area contributed by atoms with Crippen LogP contribution in [-0.2, 0) is 11.3 Å². The van der Waals surface area contributed by atoms with Crippen LogP contribution in [0, 0.1) is 11.8 Å². The van der Waals surface area contributed by atoms with Crippen LogP contribution in [0.5, 0.6) is 0 Å². The number of rotatable bonds is 4. The summed E-state index contributed by atoms with van der Waals surface area (Å²) >= 11 is 0. The Morgan fingerprint density at radius 1 is 0.920 bits per heavy atom. The normalized spacial score (nSPS) is 10.7. The molecule has 0 aliphatic carbocycles. The third-order valence-electron chi connectivity index (χ3n) is 3.64. The van der Waals surface area contributed by atoms with Crippen molar-refractivity contribution in [3.05, 3.63) is 101 Å². The summed E-state index contributed by atoms with van der Waals surface area (Å²) in [5.41, 5.74) is 4.93. The van der Waals surface area contributed by atoms with Crippen LogP contribution >= 0.6 is 0 Å². The van der Waals surface area contributed by atoms with Gasteiger partial charge in [-0.1, -0.05) is 53.4 Å². The average Bonchev–Trinajstić information content (AvgIpc) is 2.68. The molecule has 3 aromatic rings. The molecule has 0 bridgehead atoms. The van der Waals surface area contributed by atoms with E-state index in [9.17, 15) is 0 Å². The Morgan fingerprint density at radius 2 is 1.64 bits per heavy atom. The minimum Gasteiger partial charge on any atom is -0.399 e. The van der Waals surface area contributed by atoms with Crippen molar-refractivity contribution in [2.45, 2.75) is 6.42 Å². The van der Waals surface area contributed by atoms with Crippen LogP contribution in [0.15, 0.2) is 84.3 Å². The zero-order valence-electron chi connectivity index (χ0n) is 14.0. The summed E-state index contributed by atoms with van der Waals surface area (Å²) in [5.74, 6) is 6.34. The molecule has 3 nitrogen and oxygen atoms in total. The van der Waals surface area contributed by atoms with E-state index in [1.807, 2.05) is 72.9 Å². The Kier molecular flexibility index (Phi) is 5.58. The Hall–Kier alpha value is -3.38. The van der Waals surface area contributed by atoms with E-state index in [1.54, 1.807) is 13.3 Å². The van der Waals surface area contributed by atoms with Crippen molar-refractivity contribution >= 4 is 5.71 Å². The minimum absolute atomic E-state index is 0.663. The molecule has 0 unspecified atom stereocenters. The van der Waals surface area contributed by atoms with Gasteiger partial charge in [0.05, 0.1) is 5.71 Å². The molecule has 2 aromatic carbocycles. The molecular weight excluding hydrogens is 308 g/mol. The first kappa shape index (κ1) is 16.5. The predicted molar refractivity (Wildman–Crippen MR) is 100 cm³/mol. The molecule has 1 heterocycles. The van der Waals surface area contributed by atoms with E-state index >= 15 is 0 Å². The van der Waals surface area contributed by atoms with Crippen LogP contribution in [0.3, 0.4) is 0 Å². The Balaban J connectivity index is 1.78. The summed E-state index contributed by atoms with van der Waals surface area (Å²) in [4.78, 5) is 9.15. The summed E-state index contributed by atoms with van der Waals surface area (Å²) in [6, 6.07) is 21.9. The van der Waals surface area contributed by atoms with E-state index in [1.165, 1.54) is 0 Å². The lowest BCUT2D eigenvalue weighted by Crippen LogP contribution is -2.06. The first-order valence-corrected chi connectivity index (χ1v) is 8.01. The first-order valence-electron chi connectivity index (χ1n) is 8.01. The van der Waals surface area contributed by atoms with Gasteiger partial charge in [-0.15, -0.1) is 0 Å². The molecule has 0 fully saturated rings. The van der Waals surface area contributed by atoms with Gasteiger partial charge in [0.2, 0.25) is 0 Å². The zero-order valence-corrected chi connectivity index (χ0v) is 14.0. The number of nitrogens with zero attached hydrogens (tertiary/aromatic N) is 2. The summed E-state index contributed by atoms with van der Waals surface area (Å²) in [7, 11) is 1.56. The van der Waals surface area contributed by atoms with Crippen LogP contribution in [-0.4, -0.2) is 17.8 Å². The maximum Gasteiger partial charge on any atom is 0.106 e. The standard InChI is InChI=1S/C22H18N2O/c1-25-24-22(16-20-8-5-15-23-17-20)21-13-11-19(12-14-21)10-9-18-6-3-2-4-7-18/h2-8,11-15,17H,16H2,1H3/b24-22+. The van der Waals surface area contributed by atoms with Gasteiger partial charge in [0.25, 0.3) is 0 Å². The quantitative estimate of drug-likeness (QED) is 0.411. The summed E-state index contributed by atoms with van der Waals surface area (Å²) in [6.45, 7) is 0. The number of pyridine rings is 1. The van der Waals surface area contributed by atoms with E-state index in [0.29, 0.717) is 6.42 Å². The molecule has 0 N–H and O–H groups in total. The van der Waals surface area contributed by atoms with Gasteiger partial charge in [0.15, 0.2) is 0 Å². The zero-order chi connectivity index (χ0) is 17.3. The van der Waals surface area contributed by atoms with Crippen molar-refractivity contribution in [1.82, 2.24) is 4.98 Å². The highest BCUT2D eigenvalue weighted by Crippen LogP contribution is 2.10. The van der Waals surface area contributed by atoms with E-state index in [-0.39, 0.29) is 0 Å². The molecule has 0 saturated carbocycles. The van der Waals surface area contributed by atoms with Gasteiger partial charge in [-0.3, -0.25) is 4.98 Å². The third kappa shape index (κ3) is 4.79. The molecule has 0 amide bonds. The molecule has 3 heteroatoms. The molecule has 1 aromatic heterocycles. The van der Waals surface area contributed by atoms with Crippen molar-refractivity contribution < 1.29 is 4.84 Å². The van der Waals surface area contributed by atoms with Gasteiger partial charge in [-0.25, -0.2) is 0 Å². The van der Waals surface area contributed by atoms with Crippen LogP contribution in [0.1, 0.15) is 22.3 Å². The topological polar surface area (TPSA) is 34.5 Å². The highest BCUT2D eigenvalue weighted by molar-refractivity contribution is 6.01. The minimum atomic E-state index is 0.663. The predicted octanol–water partition coefficient (Wildman–Crippen LogP) is 4.07. The number of hydrogen-bond donors (Lipinski definition) is 0. The van der Waals surface area contributed by atoms with E-state index in [4.69, 9.17) is 4.84 Å². The highest BCUT2D eigenvalue weighted by Gasteiger charge is 2.06. The Morgan fingerprint density at radius 3 is 2.28 bits per heavy atom. The van der Waals surface area contributed by atoms with Crippen molar-refractivity contribution in [2.24, 2.45) is 5.16 Å². The second-order valence-electron chi connectivity index (χ2n) is 5.45. The largest absolute Gasteiger partial charge is 0.399 e. The summed E-state index contributed by atoms with van der Waals surface area (Å²) < 4.78 is 0. The number of benzene rings is 2. The molecule has 3 rings (SSSR count). The van der Waals surface area contributed by atoms with Crippen molar-refractivity contribution in [1.29, 1.82) is 0 Å².